The van der Waals surface area contributed by atoms with Crippen LogP contribution in [0.25, 0.3) is 0 Å². The number of nitrogens with two attached hydrogens (primary N) is 1. The van der Waals surface area contributed by atoms with Crippen LogP contribution >= 0.6 is 12.4 Å². The van der Waals surface area contributed by atoms with Gasteiger partial charge in [-0.25, -0.2) is 8.78 Å². The second kappa shape index (κ2) is 6.48. The Morgan fingerprint density at radius 1 is 1.18 bits per heavy atom. The van der Waals surface area contributed by atoms with Crippen LogP contribution in [0.2, 0.25) is 0 Å². The van der Waals surface area contributed by atoms with Gasteiger partial charge >= 0.3 is 0 Å². The number of halogens is 3. The molecule has 0 atom stereocenters. The van der Waals surface area contributed by atoms with Crippen LogP contribution in [0.4, 0.5) is 8.78 Å². The molecule has 1 aromatic carbocycles. The maximum atomic E-state index is 13.9. The van der Waals surface area contributed by atoms with E-state index in [0.717, 1.165) is 12.1 Å². The summed E-state index contributed by atoms with van der Waals surface area (Å²) in [5.74, 6) is -1.07. The molecule has 2 aliphatic rings. The molecule has 0 saturated carbocycles. The predicted molar refractivity (Wildman–Crippen MR) is 79.7 cm³/mol. The Morgan fingerprint density at radius 3 is 2.41 bits per heavy atom. The van der Waals surface area contributed by atoms with Crippen LogP contribution < -0.4 is 5.73 Å². The lowest BCUT2D eigenvalue weighted by Crippen LogP contribution is -2.58. The van der Waals surface area contributed by atoms with Crippen LogP contribution in [0, 0.1) is 11.6 Å². The zero-order valence-electron chi connectivity index (χ0n) is 12.1. The van der Waals surface area contributed by atoms with Crippen molar-refractivity contribution in [3.63, 3.8) is 0 Å². The summed E-state index contributed by atoms with van der Waals surface area (Å²) in [6.07, 6.45) is 1.24. The fourth-order valence-electron chi connectivity index (χ4n) is 3.03. The number of hydrogen-bond acceptors (Lipinski definition) is 3. The SMILES string of the molecule is Cl.NC1(C(=O)N2CCc3c(F)ccc(F)c3C2)CCOCC1. The van der Waals surface area contributed by atoms with E-state index in [-0.39, 0.29) is 30.4 Å². The molecule has 0 aromatic heterocycles. The zero-order valence-corrected chi connectivity index (χ0v) is 12.9. The fourth-order valence-corrected chi connectivity index (χ4v) is 3.03. The van der Waals surface area contributed by atoms with Gasteiger partial charge in [-0.05, 0) is 37.0 Å². The van der Waals surface area contributed by atoms with E-state index in [2.05, 4.69) is 0 Å². The number of fused-ring (bicyclic) bond motifs is 1. The second-order valence-corrected chi connectivity index (χ2v) is 5.73. The van der Waals surface area contributed by atoms with Crippen molar-refractivity contribution in [2.24, 2.45) is 5.73 Å². The summed E-state index contributed by atoms with van der Waals surface area (Å²) in [5, 5.41) is 0. The predicted octanol–water partition coefficient (Wildman–Crippen LogP) is 1.78. The molecule has 2 heterocycles. The number of benzene rings is 1. The Labute approximate surface area is 134 Å². The lowest BCUT2D eigenvalue weighted by molar-refractivity contribution is -0.141. The minimum Gasteiger partial charge on any atom is -0.381 e. The minimum absolute atomic E-state index is 0. The average molecular weight is 333 g/mol. The van der Waals surface area contributed by atoms with Gasteiger partial charge in [-0.3, -0.25) is 4.79 Å². The van der Waals surface area contributed by atoms with Gasteiger partial charge in [0.15, 0.2) is 0 Å². The van der Waals surface area contributed by atoms with E-state index in [4.69, 9.17) is 10.5 Å². The Kier molecular flexibility index (Phi) is 5.04. The number of nitrogens with zero attached hydrogens (tertiary/aromatic N) is 1. The van der Waals surface area contributed by atoms with Crippen molar-refractivity contribution < 1.29 is 18.3 Å². The first-order chi connectivity index (χ1) is 10.0. The van der Waals surface area contributed by atoms with Gasteiger partial charge < -0.3 is 15.4 Å². The van der Waals surface area contributed by atoms with Crippen molar-refractivity contribution in [1.29, 1.82) is 0 Å². The van der Waals surface area contributed by atoms with Crippen LogP contribution in [-0.4, -0.2) is 36.1 Å². The molecule has 0 radical (unpaired) electrons. The third-order valence-electron chi connectivity index (χ3n) is 4.40. The maximum Gasteiger partial charge on any atom is 0.243 e. The topological polar surface area (TPSA) is 55.6 Å². The van der Waals surface area contributed by atoms with Crippen LogP contribution in [-0.2, 0) is 22.5 Å². The van der Waals surface area contributed by atoms with Gasteiger partial charge in [0.05, 0.1) is 5.54 Å². The van der Waals surface area contributed by atoms with Gasteiger partial charge in [-0.15, -0.1) is 12.4 Å². The molecule has 2 aliphatic heterocycles. The Bertz CT molecular complexity index is 577. The van der Waals surface area contributed by atoms with E-state index in [0.29, 0.717) is 44.6 Å². The smallest absolute Gasteiger partial charge is 0.243 e. The zero-order chi connectivity index (χ0) is 15.0. The molecule has 22 heavy (non-hydrogen) atoms. The summed E-state index contributed by atoms with van der Waals surface area (Å²) >= 11 is 0. The molecule has 0 spiro atoms. The summed E-state index contributed by atoms with van der Waals surface area (Å²) in [6, 6.07) is 2.24. The van der Waals surface area contributed by atoms with Crippen LogP contribution in [0.3, 0.4) is 0 Å². The van der Waals surface area contributed by atoms with E-state index >= 15 is 0 Å². The van der Waals surface area contributed by atoms with Gasteiger partial charge in [-0.1, -0.05) is 0 Å². The van der Waals surface area contributed by atoms with Crippen molar-refractivity contribution >= 4 is 18.3 Å². The number of carbonyl (C=O) groups excluding carboxylic acids is 1. The van der Waals surface area contributed by atoms with Crippen molar-refractivity contribution in [3.05, 3.63) is 34.9 Å². The largest absolute Gasteiger partial charge is 0.381 e. The van der Waals surface area contributed by atoms with E-state index in [9.17, 15) is 13.6 Å². The van der Waals surface area contributed by atoms with Gasteiger partial charge in [-0.2, -0.15) is 0 Å². The summed E-state index contributed by atoms with van der Waals surface area (Å²) in [7, 11) is 0. The summed E-state index contributed by atoms with van der Waals surface area (Å²) in [4.78, 5) is 14.1. The minimum atomic E-state index is -0.945. The molecular weight excluding hydrogens is 314 g/mol. The van der Waals surface area contributed by atoms with E-state index in [1.54, 1.807) is 0 Å². The molecule has 0 aliphatic carbocycles. The summed E-state index contributed by atoms with van der Waals surface area (Å²) in [6.45, 7) is 1.36. The van der Waals surface area contributed by atoms with Gasteiger partial charge in [0, 0.05) is 31.9 Å². The standard InChI is InChI=1S/C15H18F2N2O2.ClH/c16-12-1-2-13(17)11-9-19(6-3-10(11)12)14(20)15(18)4-7-21-8-5-15;/h1-2H,3-9,18H2;1H. The van der Waals surface area contributed by atoms with E-state index < -0.39 is 17.2 Å². The second-order valence-electron chi connectivity index (χ2n) is 5.73. The molecule has 1 fully saturated rings. The lowest BCUT2D eigenvalue weighted by Gasteiger charge is -2.38. The van der Waals surface area contributed by atoms with Crippen LogP contribution in [0.5, 0.6) is 0 Å². The molecule has 4 nitrogen and oxygen atoms in total. The van der Waals surface area contributed by atoms with Crippen LogP contribution in [0.15, 0.2) is 12.1 Å². The molecule has 1 saturated heterocycles. The molecule has 2 N–H and O–H groups in total. The quantitative estimate of drug-likeness (QED) is 0.853. The Morgan fingerprint density at radius 2 is 1.77 bits per heavy atom. The Hall–Kier alpha value is -1.24. The third kappa shape index (κ3) is 2.95. The van der Waals surface area contributed by atoms with Gasteiger partial charge in [0.25, 0.3) is 0 Å². The first-order valence-corrected chi connectivity index (χ1v) is 7.13. The molecule has 122 valence electrons. The Balaban J connectivity index is 0.00000176. The molecular formula is C15H19ClF2N2O2. The highest BCUT2D eigenvalue weighted by Gasteiger charge is 2.40. The highest BCUT2D eigenvalue weighted by atomic mass is 35.5. The molecule has 0 unspecified atom stereocenters. The number of amides is 1. The number of hydrogen-bond donors (Lipinski definition) is 1. The van der Waals surface area contributed by atoms with E-state index in [1.165, 1.54) is 4.90 Å². The summed E-state index contributed by atoms with van der Waals surface area (Å²) < 4.78 is 32.8. The van der Waals surface area contributed by atoms with Crippen molar-refractivity contribution in [2.45, 2.75) is 31.3 Å². The normalized spacial score (nSPS) is 20.0. The van der Waals surface area contributed by atoms with Gasteiger partial charge in [0.2, 0.25) is 5.91 Å². The highest BCUT2D eigenvalue weighted by Crippen LogP contribution is 2.28. The average Bonchev–Trinajstić information content (AvgIpc) is 2.51. The monoisotopic (exact) mass is 332 g/mol. The molecule has 1 amide bonds. The first-order valence-electron chi connectivity index (χ1n) is 7.13. The lowest BCUT2D eigenvalue weighted by atomic mass is 9.88. The third-order valence-corrected chi connectivity index (χ3v) is 4.40. The fraction of sp³-hybridized carbons (Fsp3) is 0.533. The van der Waals surface area contributed by atoms with Crippen molar-refractivity contribution in [1.82, 2.24) is 4.90 Å². The number of ether oxygens (including phenoxy) is 1. The number of rotatable bonds is 1. The molecule has 3 rings (SSSR count). The highest BCUT2D eigenvalue weighted by molar-refractivity contribution is 5.86. The van der Waals surface area contributed by atoms with Crippen molar-refractivity contribution in [2.75, 3.05) is 19.8 Å². The molecule has 1 aromatic rings. The van der Waals surface area contributed by atoms with Crippen molar-refractivity contribution in [3.8, 4) is 0 Å². The number of carbonyl (C=O) groups is 1. The van der Waals surface area contributed by atoms with Gasteiger partial charge in [0.1, 0.15) is 11.6 Å². The van der Waals surface area contributed by atoms with E-state index in [1.807, 2.05) is 0 Å². The summed E-state index contributed by atoms with van der Waals surface area (Å²) in [5.41, 5.74) is 5.88. The first kappa shape index (κ1) is 17.1. The maximum absolute atomic E-state index is 13.9. The molecule has 0 bridgehead atoms. The molecule has 7 heteroatoms. The van der Waals surface area contributed by atoms with Crippen LogP contribution in [0.1, 0.15) is 24.0 Å².